The molecule has 0 aliphatic heterocycles. The first kappa shape index (κ1) is 14.9. The topological polar surface area (TPSA) is 78.4 Å². The molecule has 0 fully saturated rings. The summed E-state index contributed by atoms with van der Waals surface area (Å²) in [6.07, 6.45) is 0.827. The number of nitrogens with one attached hydrogen (secondary N) is 2. The van der Waals surface area contributed by atoms with Gasteiger partial charge in [0.1, 0.15) is 5.82 Å². The molecule has 2 amide bonds. The lowest BCUT2D eigenvalue weighted by Crippen LogP contribution is -2.30. The highest BCUT2D eigenvalue weighted by Gasteiger charge is 2.10. The lowest BCUT2D eigenvalue weighted by Gasteiger charge is -2.09. The van der Waals surface area contributed by atoms with Gasteiger partial charge in [0.25, 0.3) is 0 Å². The number of carboxylic acid groups (broad SMARTS) is 1. The van der Waals surface area contributed by atoms with Crippen LogP contribution in [0.1, 0.15) is 30.6 Å². The van der Waals surface area contributed by atoms with E-state index in [2.05, 4.69) is 10.6 Å². The second-order valence-corrected chi connectivity index (χ2v) is 4.56. The van der Waals surface area contributed by atoms with Crippen molar-refractivity contribution in [1.29, 1.82) is 0 Å². The van der Waals surface area contributed by atoms with E-state index in [1.807, 2.05) is 13.8 Å². The maximum atomic E-state index is 13.5. The van der Waals surface area contributed by atoms with Gasteiger partial charge < -0.3 is 15.7 Å². The van der Waals surface area contributed by atoms with Crippen molar-refractivity contribution in [1.82, 2.24) is 5.32 Å². The number of carbonyl (C=O) groups excluding carboxylic acids is 1. The Kier molecular flexibility index (Phi) is 5.29. The number of hydrogen-bond acceptors (Lipinski definition) is 2. The molecule has 0 unspecified atom stereocenters. The molecule has 5 nitrogen and oxygen atoms in total. The molecule has 0 atom stereocenters. The number of carboxylic acids is 1. The Labute approximate surface area is 110 Å². The molecule has 0 aromatic heterocycles. The molecule has 104 valence electrons. The van der Waals surface area contributed by atoms with E-state index < -0.39 is 17.8 Å². The van der Waals surface area contributed by atoms with Crippen molar-refractivity contribution >= 4 is 17.7 Å². The highest BCUT2D eigenvalue weighted by atomic mass is 19.1. The van der Waals surface area contributed by atoms with Crippen LogP contribution in [0.5, 0.6) is 0 Å². The van der Waals surface area contributed by atoms with Gasteiger partial charge >= 0.3 is 12.0 Å². The molecule has 0 heterocycles. The van der Waals surface area contributed by atoms with Crippen LogP contribution >= 0.6 is 0 Å². The Morgan fingerprint density at radius 3 is 2.58 bits per heavy atom. The van der Waals surface area contributed by atoms with Crippen molar-refractivity contribution < 1.29 is 19.1 Å². The zero-order valence-corrected chi connectivity index (χ0v) is 10.9. The van der Waals surface area contributed by atoms with Crippen LogP contribution in [0.2, 0.25) is 0 Å². The highest BCUT2D eigenvalue weighted by Crippen LogP contribution is 2.15. The summed E-state index contributed by atoms with van der Waals surface area (Å²) in [7, 11) is 0. The van der Waals surface area contributed by atoms with Crippen LogP contribution in [0.15, 0.2) is 18.2 Å². The predicted octanol–water partition coefficient (Wildman–Crippen LogP) is 2.69. The van der Waals surface area contributed by atoms with Crippen LogP contribution < -0.4 is 10.6 Å². The molecule has 1 aromatic carbocycles. The Morgan fingerprint density at radius 2 is 2.05 bits per heavy atom. The fourth-order valence-electron chi connectivity index (χ4n) is 1.39. The molecule has 0 bridgehead atoms. The van der Waals surface area contributed by atoms with E-state index >= 15 is 0 Å². The van der Waals surface area contributed by atoms with Crippen LogP contribution in [-0.4, -0.2) is 23.7 Å². The summed E-state index contributed by atoms with van der Waals surface area (Å²) in [5.41, 5.74) is -0.213. The number of hydrogen-bond donors (Lipinski definition) is 3. The zero-order valence-electron chi connectivity index (χ0n) is 10.9. The minimum absolute atomic E-state index is 0.0490. The van der Waals surface area contributed by atoms with Gasteiger partial charge in [0, 0.05) is 6.54 Å². The Hall–Kier alpha value is -2.11. The molecule has 0 spiro atoms. The number of aromatic carboxylic acids is 1. The van der Waals surface area contributed by atoms with Gasteiger partial charge in [0.05, 0.1) is 11.3 Å². The fraction of sp³-hybridized carbons (Fsp3) is 0.385. The molecule has 1 aromatic rings. The van der Waals surface area contributed by atoms with E-state index in [9.17, 15) is 14.0 Å². The molecular weight excluding hydrogens is 251 g/mol. The predicted molar refractivity (Wildman–Crippen MR) is 69.8 cm³/mol. The number of carbonyl (C=O) groups is 2. The average Bonchev–Trinajstić information content (AvgIpc) is 2.31. The second kappa shape index (κ2) is 6.72. The van der Waals surface area contributed by atoms with Crippen LogP contribution in [0.3, 0.4) is 0 Å². The molecule has 0 saturated heterocycles. The summed E-state index contributed by atoms with van der Waals surface area (Å²) < 4.78 is 13.5. The van der Waals surface area contributed by atoms with Gasteiger partial charge in [-0.25, -0.2) is 14.0 Å². The van der Waals surface area contributed by atoms with E-state index in [0.717, 1.165) is 12.5 Å². The number of rotatable bonds is 5. The minimum atomic E-state index is -1.22. The van der Waals surface area contributed by atoms with Crippen molar-refractivity contribution in [3.05, 3.63) is 29.6 Å². The number of halogens is 1. The van der Waals surface area contributed by atoms with Crippen molar-refractivity contribution in [3.8, 4) is 0 Å². The van der Waals surface area contributed by atoms with Crippen molar-refractivity contribution in [2.75, 3.05) is 11.9 Å². The van der Waals surface area contributed by atoms with E-state index in [4.69, 9.17) is 5.11 Å². The van der Waals surface area contributed by atoms with Gasteiger partial charge in [0.15, 0.2) is 0 Å². The number of amides is 2. The van der Waals surface area contributed by atoms with Gasteiger partial charge in [0.2, 0.25) is 0 Å². The van der Waals surface area contributed by atoms with Gasteiger partial charge in [-0.1, -0.05) is 13.8 Å². The molecular formula is C13H17FN2O3. The number of benzene rings is 1. The first-order valence-corrected chi connectivity index (χ1v) is 5.98. The lowest BCUT2D eigenvalue weighted by atomic mass is 10.1. The largest absolute Gasteiger partial charge is 0.478 e. The van der Waals surface area contributed by atoms with Crippen molar-refractivity contribution in [2.24, 2.45) is 5.92 Å². The third-order valence-electron chi connectivity index (χ3n) is 2.47. The van der Waals surface area contributed by atoms with E-state index in [1.54, 1.807) is 0 Å². The molecule has 6 heteroatoms. The van der Waals surface area contributed by atoms with Gasteiger partial charge in [-0.2, -0.15) is 0 Å². The monoisotopic (exact) mass is 268 g/mol. The van der Waals surface area contributed by atoms with Crippen LogP contribution in [0, 0.1) is 11.7 Å². The van der Waals surface area contributed by atoms with Gasteiger partial charge in [-0.05, 0) is 30.5 Å². The van der Waals surface area contributed by atoms with Crippen LogP contribution in [-0.2, 0) is 0 Å². The Morgan fingerprint density at radius 1 is 1.37 bits per heavy atom. The molecule has 3 N–H and O–H groups in total. The lowest BCUT2D eigenvalue weighted by molar-refractivity contribution is 0.0696. The van der Waals surface area contributed by atoms with E-state index in [-0.39, 0.29) is 11.3 Å². The third-order valence-corrected chi connectivity index (χ3v) is 2.47. The van der Waals surface area contributed by atoms with E-state index in [1.165, 1.54) is 12.1 Å². The maximum absolute atomic E-state index is 13.5. The third kappa shape index (κ3) is 4.95. The maximum Gasteiger partial charge on any atom is 0.335 e. The summed E-state index contributed by atoms with van der Waals surface area (Å²) in [5.74, 6) is -1.53. The summed E-state index contributed by atoms with van der Waals surface area (Å²) >= 11 is 0. The molecule has 19 heavy (non-hydrogen) atoms. The fourth-order valence-corrected chi connectivity index (χ4v) is 1.39. The molecule has 0 saturated carbocycles. The normalized spacial score (nSPS) is 10.3. The quantitative estimate of drug-likeness (QED) is 0.768. The number of anilines is 1. The molecule has 0 aliphatic rings. The summed E-state index contributed by atoms with van der Waals surface area (Å²) in [5, 5.41) is 13.6. The Bertz CT molecular complexity index is 475. The summed E-state index contributed by atoms with van der Waals surface area (Å²) in [6.45, 7) is 4.56. The van der Waals surface area contributed by atoms with Crippen LogP contribution in [0.25, 0.3) is 0 Å². The SMILES string of the molecule is CC(C)CCNC(=O)Nc1ccc(C(=O)O)cc1F. The van der Waals surface area contributed by atoms with Gasteiger partial charge in [-0.3, -0.25) is 0 Å². The van der Waals surface area contributed by atoms with Gasteiger partial charge in [-0.15, -0.1) is 0 Å². The van der Waals surface area contributed by atoms with Crippen LogP contribution in [0.4, 0.5) is 14.9 Å². The zero-order chi connectivity index (χ0) is 14.4. The summed E-state index contributed by atoms with van der Waals surface area (Å²) in [4.78, 5) is 22.1. The average molecular weight is 268 g/mol. The molecule has 0 aliphatic carbocycles. The minimum Gasteiger partial charge on any atom is -0.478 e. The number of urea groups is 1. The molecule has 0 radical (unpaired) electrons. The smallest absolute Gasteiger partial charge is 0.335 e. The van der Waals surface area contributed by atoms with Crippen molar-refractivity contribution in [2.45, 2.75) is 20.3 Å². The van der Waals surface area contributed by atoms with E-state index in [0.29, 0.717) is 12.5 Å². The molecule has 1 rings (SSSR count). The Balaban J connectivity index is 2.57. The first-order chi connectivity index (χ1) is 8.90. The first-order valence-electron chi connectivity index (χ1n) is 5.98. The van der Waals surface area contributed by atoms with Crippen molar-refractivity contribution in [3.63, 3.8) is 0 Å². The second-order valence-electron chi connectivity index (χ2n) is 4.56. The standard InChI is InChI=1S/C13H17FN2O3/c1-8(2)5-6-15-13(19)16-11-4-3-9(12(17)18)7-10(11)14/h3-4,7-8H,5-6H2,1-2H3,(H,17,18)(H2,15,16,19). The summed E-state index contributed by atoms with van der Waals surface area (Å²) in [6, 6.07) is 2.81. The highest BCUT2D eigenvalue weighted by molar-refractivity contribution is 5.91.